The molecule has 1 aromatic carbocycles. The molecule has 0 amide bonds. The Morgan fingerprint density at radius 3 is 2.52 bits per heavy atom. The molecule has 0 radical (unpaired) electrons. The fourth-order valence-electron chi connectivity index (χ4n) is 3.29. The maximum Gasteiger partial charge on any atom is 0.341 e. The summed E-state index contributed by atoms with van der Waals surface area (Å²) < 4.78 is 16.3. The quantitative estimate of drug-likeness (QED) is 0.512. The molecule has 3 rings (SSSR count). The Labute approximate surface area is 180 Å². The van der Waals surface area contributed by atoms with E-state index in [1.165, 1.54) is 30.5 Å². The van der Waals surface area contributed by atoms with Gasteiger partial charge in [-0.05, 0) is 26.0 Å². The minimum Gasteiger partial charge on any atom is -0.477 e. The van der Waals surface area contributed by atoms with Crippen molar-refractivity contribution in [3.8, 4) is 22.4 Å². The van der Waals surface area contributed by atoms with E-state index in [0.29, 0.717) is 17.8 Å². The second-order valence-corrected chi connectivity index (χ2v) is 7.33. The second-order valence-electron chi connectivity index (χ2n) is 6.16. The summed E-state index contributed by atoms with van der Waals surface area (Å²) in [6.07, 6.45) is 1.33. The fourth-order valence-corrected chi connectivity index (χ4v) is 3.74. The summed E-state index contributed by atoms with van der Waals surface area (Å²) in [5, 5.41) is 9.82. The predicted molar refractivity (Wildman–Crippen MR) is 112 cm³/mol. The van der Waals surface area contributed by atoms with Crippen LogP contribution in [0.3, 0.4) is 0 Å². The number of carboxylic acids is 1. The summed E-state index contributed by atoms with van der Waals surface area (Å²) in [5.41, 5.74) is -0.694. The molecule has 0 unspecified atom stereocenters. The largest absolute Gasteiger partial charge is 0.477 e. The highest BCUT2D eigenvalue weighted by Gasteiger charge is 2.27. The third-order valence-corrected chi connectivity index (χ3v) is 5.53. The van der Waals surface area contributed by atoms with Crippen LogP contribution in [0.1, 0.15) is 23.0 Å². The normalized spacial score (nSPS) is 11.0. The van der Waals surface area contributed by atoms with Gasteiger partial charge in [-0.2, -0.15) is 0 Å². The topological polar surface area (TPSA) is 72.2 Å². The van der Waals surface area contributed by atoms with Crippen molar-refractivity contribution < 1.29 is 14.3 Å². The first-order valence-corrected chi connectivity index (χ1v) is 9.58. The lowest BCUT2D eigenvalue weighted by Crippen LogP contribution is -2.25. The van der Waals surface area contributed by atoms with Crippen molar-refractivity contribution >= 4 is 40.8 Å². The first kappa shape index (κ1) is 21.3. The van der Waals surface area contributed by atoms with E-state index in [9.17, 15) is 19.1 Å². The summed E-state index contributed by atoms with van der Waals surface area (Å²) in [4.78, 5) is 29.2. The van der Waals surface area contributed by atoms with E-state index in [2.05, 4.69) is 4.98 Å². The SMILES string of the molecule is CCn1c(C)c(-c2cccc(Cl)c2F)c(=O)c(C(=O)O)c1-c1cnc(Cl)c(Cl)c1. The number of aromatic nitrogens is 2. The van der Waals surface area contributed by atoms with Crippen LogP contribution >= 0.6 is 34.8 Å². The van der Waals surface area contributed by atoms with Crippen LogP contribution < -0.4 is 5.43 Å². The third kappa shape index (κ3) is 3.64. The average molecular weight is 456 g/mol. The lowest BCUT2D eigenvalue weighted by atomic mass is 9.96. The monoisotopic (exact) mass is 454 g/mol. The number of hydrogen-bond acceptors (Lipinski definition) is 3. The van der Waals surface area contributed by atoms with Gasteiger partial charge in [-0.1, -0.05) is 46.9 Å². The Morgan fingerprint density at radius 1 is 1.24 bits per heavy atom. The summed E-state index contributed by atoms with van der Waals surface area (Å²) in [6, 6.07) is 5.66. The molecule has 0 fully saturated rings. The first-order chi connectivity index (χ1) is 13.7. The standard InChI is InChI=1S/C20H14Cl3FN2O3/c1-3-26-9(2)14(11-5-4-6-12(21)16(11)24)18(27)15(20(28)29)17(26)10-7-13(22)19(23)25-8-10/h4-8H,3H2,1-2H3,(H,28,29). The molecule has 0 aliphatic carbocycles. The Morgan fingerprint density at radius 2 is 1.93 bits per heavy atom. The number of benzene rings is 1. The van der Waals surface area contributed by atoms with Crippen LogP contribution in [-0.4, -0.2) is 20.6 Å². The number of nitrogens with zero attached hydrogens (tertiary/aromatic N) is 2. The van der Waals surface area contributed by atoms with Crippen LogP contribution in [0.15, 0.2) is 35.3 Å². The van der Waals surface area contributed by atoms with Crippen molar-refractivity contribution in [3.63, 3.8) is 0 Å². The lowest BCUT2D eigenvalue weighted by Gasteiger charge is -2.21. The van der Waals surface area contributed by atoms with Crippen LogP contribution in [0, 0.1) is 12.7 Å². The number of carboxylic acid groups (broad SMARTS) is 1. The molecule has 3 aromatic rings. The average Bonchev–Trinajstić information content (AvgIpc) is 2.66. The molecule has 0 aliphatic rings. The van der Waals surface area contributed by atoms with E-state index >= 15 is 0 Å². The highest BCUT2D eigenvalue weighted by Crippen LogP contribution is 2.33. The highest BCUT2D eigenvalue weighted by atomic mass is 35.5. The van der Waals surface area contributed by atoms with Crippen molar-refractivity contribution in [2.75, 3.05) is 0 Å². The van der Waals surface area contributed by atoms with Crippen molar-refractivity contribution in [2.45, 2.75) is 20.4 Å². The molecule has 0 saturated carbocycles. The van der Waals surface area contributed by atoms with Gasteiger partial charge in [0.05, 0.1) is 21.3 Å². The van der Waals surface area contributed by atoms with Crippen LogP contribution in [0.2, 0.25) is 15.2 Å². The molecule has 2 heterocycles. The van der Waals surface area contributed by atoms with Crippen LogP contribution in [0.25, 0.3) is 22.4 Å². The highest BCUT2D eigenvalue weighted by molar-refractivity contribution is 6.41. The first-order valence-electron chi connectivity index (χ1n) is 8.45. The van der Waals surface area contributed by atoms with Gasteiger partial charge in [-0.25, -0.2) is 14.2 Å². The molecule has 2 aromatic heterocycles. The van der Waals surface area contributed by atoms with Crippen molar-refractivity contribution in [3.05, 3.63) is 73.0 Å². The van der Waals surface area contributed by atoms with Gasteiger partial charge >= 0.3 is 5.97 Å². The molecule has 0 aliphatic heterocycles. The van der Waals surface area contributed by atoms with Gasteiger partial charge in [0.2, 0.25) is 5.43 Å². The molecule has 29 heavy (non-hydrogen) atoms. The van der Waals surface area contributed by atoms with Crippen molar-refractivity contribution in [1.29, 1.82) is 0 Å². The number of pyridine rings is 2. The van der Waals surface area contributed by atoms with Gasteiger partial charge in [0.25, 0.3) is 0 Å². The minimum absolute atomic E-state index is 0.0482. The van der Waals surface area contributed by atoms with Crippen LogP contribution in [-0.2, 0) is 6.54 Å². The summed E-state index contributed by atoms with van der Waals surface area (Å²) in [7, 11) is 0. The fraction of sp³-hybridized carbons (Fsp3) is 0.150. The second kappa shape index (κ2) is 8.14. The minimum atomic E-state index is -1.46. The van der Waals surface area contributed by atoms with E-state index in [-0.39, 0.29) is 32.0 Å². The maximum atomic E-state index is 14.7. The number of halogens is 4. The maximum absolute atomic E-state index is 14.7. The molecule has 0 saturated heterocycles. The summed E-state index contributed by atoms with van der Waals surface area (Å²) in [5.74, 6) is -2.25. The molecule has 5 nitrogen and oxygen atoms in total. The van der Waals surface area contributed by atoms with E-state index in [1.807, 2.05) is 0 Å². The van der Waals surface area contributed by atoms with Gasteiger partial charge in [0.15, 0.2) is 0 Å². The molecule has 0 atom stereocenters. The number of aromatic carboxylic acids is 1. The molecule has 9 heteroatoms. The van der Waals surface area contributed by atoms with Gasteiger partial charge in [0.1, 0.15) is 16.5 Å². The Hall–Kier alpha value is -2.41. The Balaban J connectivity index is 2.50. The van der Waals surface area contributed by atoms with Gasteiger partial charge in [0, 0.05) is 29.6 Å². The zero-order chi connectivity index (χ0) is 21.5. The number of hydrogen-bond donors (Lipinski definition) is 1. The van der Waals surface area contributed by atoms with Gasteiger partial charge in [-0.15, -0.1) is 0 Å². The Bertz CT molecular complexity index is 1210. The number of carbonyl (C=O) groups is 1. The zero-order valence-electron chi connectivity index (χ0n) is 15.3. The van der Waals surface area contributed by atoms with Crippen molar-refractivity contribution in [2.24, 2.45) is 0 Å². The third-order valence-electron chi connectivity index (χ3n) is 4.55. The smallest absolute Gasteiger partial charge is 0.341 e. The van der Waals surface area contributed by atoms with Crippen molar-refractivity contribution in [1.82, 2.24) is 9.55 Å². The molecule has 1 N–H and O–H groups in total. The lowest BCUT2D eigenvalue weighted by molar-refractivity contribution is 0.0695. The molecular formula is C20H14Cl3FN2O3. The van der Waals surface area contributed by atoms with E-state index < -0.39 is 22.8 Å². The molecule has 0 bridgehead atoms. The summed E-state index contributed by atoms with van der Waals surface area (Å²) in [6.45, 7) is 3.69. The van der Waals surface area contributed by atoms with Crippen LogP contribution in [0.5, 0.6) is 0 Å². The van der Waals surface area contributed by atoms with Gasteiger partial charge in [-0.3, -0.25) is 4.79 Å². The molecular weight excluding hydrogens is 442 g/mol. The zero-order valence-corrected chi connectivity index (χ0v) is 17.5. The van der Waals surface area contributed by atoms with Crippen LogP contribution in [0.4, 0.5) is 4.39 Å². The molecule has 0 spiro atoms. The molecule has 150 valence electrons. The Kier molecular flexibility index (Phi) is 5.98. The number of rotatable bonds is 4. The van der Waals surface area contributed by atoms with E-state index in [0.717, 1.165) is 0 Å². The predicted octanol–water partition coefficient (Wildman–Crippen LogP) is 5.70. The van der Waals surface area contributed by atoms with E-state index in [4.69, 9.17) is 34.8 Å². The van der Waals surface area contributed by atoms with E-state index in [1.54, 1.807) is 18.4 Å². The van der Waals surface area contributed by atoms with Gasteiger partial charge < -0.3 is 9.67 Å². The summed E-state index contributed by atoms with van der Waals surface area (Å²) >= 11 is 17.8.